The highest BCUT2D eigenvalue weighted by molar-refractivity contribution is 6.23. The molecule has 0 spiro atoms. The van der Waals surface area contributed by atoms with Crippen LogP contribution in [0.1, 0.15) is 13.3 Å². The lowest BCUT2D eigenvalue weighted by Gasteiger charge is -2.12. The van der Waals surface area contributed by atoms with E-state index in [4.69, 9.17) is 34.8 Å². The van der Waals surface area contributed by atoms with Crippen LogP contribution in [0.4, 0.5) is 0 Å². The first-order chi connectivity index (χ1) is 4.22. The molecule has 0 aromatic heterocycles. The number of halogens is 3. The first kappa shape index (κ1) is 9.87. The Morgan fingerprint density at radius 1 is 1.33 bits per heavy atom. The maximum Gasteiger partial charge on any atom is 0.0384 e. The van der Waals surface area contributed by atoms with Gasteiger partial charge >= 0.3 is 0 Å². The lowest BCUT2D eigenvalue weighted by Crippen LogP contribution is -2.13. The number of hydrogen-bond acceptors (Lipinski definition) is 0. The summed E-state index contributed by atoms with van der Waals surface area (Å²) < 4.78 is 0. The van der Waals surface area contributed by atoms with Crippen LogP contribution in [-0.4, -0.2) is 17.1 Å². The monoisotopic (exact) mass is 188 g/mol. The van der Waals surface area contributed by atoms with E-state index in [-0.39, 0.29) is 5.38 Å². The van der Waals surface area contributed by atoms with Crippen molar-refractivity contribution < 1.29 is 0 Å². The van der Waals surface area contributed by atoms with Crippen LogP contribution in [0.2, 0.25) is 0 Å². The Labute approximate surface area is 71.5 Å². The molecule has 0 heterocycles. The molecular weight excluding hydrogens is 178 g/mol. The van der Waals surface area contributed by atoms with Gasteiger partial charge in [-0.1, -0.05) is 6.92 Å². The molecule has 2 unspecified atom stereocenters. The highest BCUT2D eigenvalue weighted by atomic mass is 35.5. The fourth-order valence-electron chi connectivity index (χ4n) is 0.485. The van der Waals surface area contributed by atoms with E-state index in [9.17, 15) is 0 Å². The van der Waals surface area contributed by atoms with E-state index in [0.29, 0.717) is 17.7 Å². The quantitative estimate of drug-likeness (QED) is 0.596. The zero-order valence-electron chi connectivity index (χ0n) is 5.41. The topological polar surface area (TPSA) is 0 Å². The van der Waals surface area contributed by atoms with Crippen LogP contribution in [-0.2, 0) is 0 Å². The minimum Gasteiger partial charge on any atom is -0.127 e. The first-order valence-electron chi connectivity index (χ1n) is 2.98. The van der Waals surface area contributed by atoms with Gasteiger partial charge < -0.3 is 0 Å². The smallest absolute Gasteiger partial charge is 0.0384 e. The number of hydrogen-bond donors (Lipinski definition) is 0. The molecule has 0 aromatic carbocycles. The van der Waals surface area contributed by atoms with Gasteiger partial charge in [0.2, 0.25) is 0 Å². The predicted octanol–water partition coefficient (Wildman–Crippen LogP) is 3.10. The van der Waals surface area contributed by atoms with Crippen molar-refractivity contribution in [3.05, 3.63) is 0 Å². The van der Waals surface area contributed by atoms with Crippen molar-refractivity contribution in [1.29, 1.82) is 0 Å². The molecule has 0 fully saturated rings. The largest absolute Gasteiger partial charge is 0.127 e. The molecule has 0 saturated carbocycles. The van der Waals surface area contributed by atoms with Crippen LogP contribution in [0, 0.1) is 5.92 Å². The molecule has 2 atom stereocenters. The third-order valence-electron chi connectivity index (χ3n) is 1.25. The summed E-state index contributed by atoms with van der Waals surface area (Å²) in [6.45, 7) is 2.03. The van der Waals surface area contributed by atoms with Gasteiger partial charge in [0.05, 0.1) is 0 Å². The van der Waals surface area contributed by atoms with E-state index < -0.39 is 0 Å². The van der Waals surface area contributed by atoms with Gasteiger partial charge in [-0.25, -0.2) is 0 Å². The molecule has 0 amide bonds. The van der Waals surface area contributed by atoms with E-state index in [1.54, 1.807) is 0 Å². The van der Waals surface area contributed by atoms with Gasteiger partial charge in [0.1, 0.15) is 0 Å². The zero-order valence-corrected chi connectivity index (χ0v) is 7.68. The predicted molar refractivity (Wildman–Crippen MR) is 44.9 cm³/mol. The third kappa shape index (κ3) is 4.30. The molecule has 3 heteroatoms. The van der Waals surface area contributed by atoms with Crippen LogP contribution in [0.3, 0.4) is 0 Å². The molecule has 0 bridgehead atoms. The highest BCUT2D eigenvalue weighted by Gasteiger charge is 2.11. The van der Waals surface area contributed by atoms with Crippen LogP contribution in [0.15, 0.2) is 0 Å². The van der Waals surface area contributed by atoms with Crippen molar-refractivity contribution in [2.24, 2.45) is 5.92 Å². The zero-order chi connectivity index (χ0) is 7.28. The van der Waals surface area contributed by atoms with Crippen molar-refractivity contribution in [3.63, 3.8) is 0 Å². The Morgan fingerprint density at radius 2 is 1.89 bits per heavy atom. The van der Waals surface area contributed by atoms with Gasteiger partial charge in [0, 0.05) is 17.1 Å². The minimum atomic E-state index is 0.139. The Hall–Kier alpha value is 0.870. The minimum absolute atomic E-state index is 0.139. The maximum atomic E-state index is 5.86. The Balaban J connectivity index is 3.32. The van der Waals surface area contributed by atoms with Crippen molar-refractivity contribution in [2.45, 2.75) is 18.7 Å². The lowest BCUT2D eigenvalue weighted by molar-refractivity contribution is 0.594. The molecule has 0 aromatic rings. The second kappa shape index (κ2) is 5.64. The van der Waals surface area contributed by atoms with Crippen molar-refractivity contribution >= 4 is 34.8 Å². The third-order valence-corrected chi connectivity index (χ3v) is 2.60. The summed E-state index contributed by atoms with van der Waals surface area (Å²) in [4.78, 5) is 0. The van der Waals surface area contributed by atoms with Crippen LogP contribution >= 0.6 is 34.8 Å². The average Bonchev–Trinajstić information content (AvgIpc) is 1.87. The average molecular weight is 190 g/mol. The van der Waals surface area contributed by atoms with Gasteiger partial charge in [-0.2, -0.15) is 0 Å². The van der Waals surface area contributed by atoms with Crippen LogP contribution < -0.4 is 0 Å². The van der Waals surface area contributed by atoms with Crippen molar-refractivity contribution in [2.75, 3.05) is 11.8 Å². The molecule has 0 aliphatic heterocycles. The van der Waals surface area contributed by atoms with E-state index in [1.807, 2.05) is 6.92 Å². The SMILES string of the molecule is CC(CCl)C(Cl)CCCl. The first-order valence-corrected chi connectivity index (χ1v) is 4.49. The number of alkyl halides is 3. The van der Waals surface area contributed by atoms with E-state index in [1.165, 1.54) is 0 Å². The van der Waals surface area contributed by atoms with Crippen LogP contribution in [0.25, 0.3) is 0 Å². The summed E-state index contributed by atoms with van der Waals surface area (Å²) in [7, 11) is 0. The van der Waals surface area contributed by atoms with Crippen LogP contribution in [0.5, 0.6) is 0 Å². The molecule has 56 valence electrons. The summed E-state index contributed by atoms with van der Waals surface area (Å²) >= 11 is 16.9. The summed E-state index contributed by atoms with van der Waals surface area (Å²) in [5.41, 5.74) is 0. The normalized spacial score (nSPS) is 17.3. The summed E-state index contributed by atoms with van der Waals surface area (Å²) in [5.74, 6) is 1.60. The molecule has 0 aliphatic rings. The van der Waals surface area contributed by atoms with Gasteiger partial charge in [0.25, 0.3) is 0 Å². The van der Waals surface area contributed by atoms with Crippen molar-refractivity contribution in [1.82, 2.24) is 0 Å². The van der Waals surface area contributed by atoms with E-state index in [2.05, 4.69) is 0 Å². The summed E-state index contributed by atoms with van der Waals surface area (Å²) in [6, 6.07) is 0. The summed E-state index contributed by atoms with van der Waals surface area (Å²) in [6.07, 6.45) is 0.844. The second-order valence-corrected chi connectivity index (χ2v) is 3.37. The van der Waals surface area contributed by atoms with Gasteiger partial charge in [-0.15, -0.1) is 34.8 Å². The van der Waals surface area contributed by atoms with Gasteiger partial charge in [-0.3, -0.25) is 0 Å². The number of rotatable bonds is 4. The molecule has 0 rings (SSSR count). The molecule has 9 heavy (non-hydrogen) atoms. The fourth-order valence-corrected chi connectivity index (χ4v) is 1.34. The highest BCUT2D eigenvalue weighted by Crippen LogP contribution is 2.15. The molecule has 0 radical (unpaired) electrons. The molecule has 0 aliphatic carbocycles. The lowest BCUT2D eigenvalue weighted by atomic mass is 10.1. The molecule has 0 N–H and O–H groups in total. The van der Waals surface area contributed by atoms with Gasteiger partial charge in [-0.05, 0) is 12.3 Å². The second-order valence-electron chi connectivity index (χ2n) is 2.13. The van der Waals surface area contributed by atoms with E-state index in [0.717, 1.165) is 6.42 Å². The Kier molecular flexibility index (Phi) is 6.18. The van der Waals surface area contributed by atoms with Crippen molar-refractivity contribution in [3.8, 4) is 0 Å². The molecular formula is C6H11Cl3. The standard InChI is InChI=1S/C6H11Cl3/c1-5(4-8)6(9)2-3-7/h5-6H,2-4H2,1H3. The summed E-state index contributed by atoms with van der Waals surface area (Å²) in [5, 5.41) is 0.139. The Morgan fingerprint density at radius 3 is 2.22 bits per heavy atom. The maximum absolute atomic E-state index is 5.86. The van der Waals surface area contributed by atoms with E-state index >= 15 is 0 Å². The molecule has 0 saturated heterocycles. The molecule has 0 nitrogen and oxygen atoms in total. The fraction of sp³-hybridized carbons (Fsp3) is 1.00. The Bertz CT molecular complexity index is 65.3. The van der Waals surface area contributed by atoms with Gasteiger partial charge in [0.15, 0.2) is 0 Å².